The predicted molar refractivity (Wildman–Crippen MR) is 114 cm³/mol. The van der Waals surface area contributed by atoms with Crippen LogP contribution in [0.2, 0.25) is 0 Å². The third-order valence-corrected chi connectivity index (χ3v) is 6.55. The molecule has 0 spiro atoms. The quantitative estimate of drug-likeness (QED) is 0.434. The lowest BCUT2D eigenvalue weighted by Crippen LogP contribution is -2.30. The van der Waals surface area contributed by atoms with Crippen molar-refractivity contribution in [2.24, 2.45) is 0 Å². The summed E-state index contributed by atoms with van der Waals surface area (Å²) in [5.41, 5.74) is 1.36. The SMILES string of the molecule is O=C(CCc1ncc(-c2ccccc2F)o1)N1CCC[C@@H]1c1nc2ccccc2s1. The van der Waals surface area contributed by atoms with E-state index in [9.17, 15) is 9.18 Å². The molecule has 0 saturated carbocycles. The van der Waals surface area contributed by atoms with Crippen molar-refractivity contribution in [2.75, 3.05) is 6.54 Å². The van der Waals surface area contributed by atoms with E-state index in [0.717, 1.165) is 34.6 Å². The zero-order chi connectivity index (χ0) is 20.5. The second-order valence-electron chi connectivity index (χ2n) is 7.36. The number of amides is 1. The predicted octanol–water partition coefficient (Wildman–Crippen LogP) is 5.39. The lowest BCUT2D eigenvalue weighted by Gasteiger charge is -2.22. The maximum absolute atomic E-state index is 13.9. The van der Waals surface area contributed by atoms with Crippen LogP contribution in [-0.2, 0) is 11.2 Å². The molecule has 0 bridgehead atoms. The molecule has 5 nitrogen and oxygen atoms in total. The van der Waals surface area contributed by atoms with E-state index < -0.39 is 0 Å². The second kappa shape index (κ2) is 7.99. The summed E-state index contributed by atoms with van der Waals surface area (Å²) < 4.78 is 20.8. The standard InChI is InChI=1S/C23H20FN3O2S/c24-16-7-2-1-6-15(16)19-14-25-21(29-19)11-12-22(28)27-13-5-9-18(27)23-26-17-8-3-4-10-20(17)30-23/h1-4,6-8,10,14,18H,5,9,11-13H2/t18-/m1/s1. The summed E-state index contributed by atoms with van der Waals surface area (Å²) in [6.45, 7) is 0.742. The Morgan fingerprint density at radius 3 is 2.90 bits per heavy atom. The van der Waals surface area contributed by atoms with Gasteiger partial charge in [-0.15, -0.1) is 11.3 Å². The normalized spacial score (nSPS) is 16.4. The van der Waals surface area contributed by atoms with Gasteiger partial charge in [-0.25, -0.2) is 14.4 Å². The minimum Gasteiger partial charge on any atom is -0.441 e. The van der Waals surface area contributed by atoms with Crippen LogP contribution in [0.5, 0.6) is 0 Å². The van der Waals surface area contributed by atoms with Crippen molar-refractivity contribution < 1.29 is 13.6 Å². The molecule has 1 amide bonds. The van der Waals surface area contributed by atoms with Crippen LogP contribution in [0.4, 0.5) is 4.39 Å². The van der Waals surface area contributed by atoms with Gasteiger partial charge in [0.25, 0.3) is 0 Å². The number of carbonyl (C=O) groups excluding carboxylic acids is 1. The van der Waals surface area contributed by atoms with Crippen LogP contribution >= 0.6 is 11.3 Å². The molecule has 4 aromatic rings. The summed E-state index contributed by atoms with van der Waals surface area (Å²) >= 11 is 1.66. The van der Waals surface area contributed by atoms with Gasteiger partial charge in [0, 0.05) is 19.4 Å². The van der Waals surface area contributed by atoms with Gasteiger partial charge < -0.3 is 9.32 Å². The molecule has 1 fully saturated rings. The first kappa shape index (κ1) is 18.9. The van der Waals surface area contributed by atoms with Gasteiger partial charge in [0.15, 0.2) is 11.7 Å². The number of likely N-dealkylation sites (tertiary alicyclic amines) is 1. The van der Waals surface area contributed by atoms with Crippen LogP contribution in [0.1, 0.15) is 36.2 Å². The van der Waals surface area contributed by atoms with E-state index >= 15 is 0 Å². The van der Waals surface area contributed by atoms with Crippen LogP contribution in [0.25, 0.3) is 21.5 Å². The highest BCUT2D eigenvalue weighted by Gasteiger charge is 2.32. The molecule has 2 aromatic heterocycles. The second-order valence-corrected chi connectivity index (χ2v) is 8.43. The van der Waals surface area contributed by atoms with Crippen LogP contribution in [0.3, 0.4) is 0 Å². The molecule has 0 radical (unpaired) electrons. The Bertz CT molecular complexity index is 1170. The molecular weight excluding hydrogens is 401 g/mol. The molecule has 1 aliphatic heterocycles. The summed E-state index contributed by atoms with van der Waals surface area (Å²) in [4.78, 5) is 23.8. The number of para-hydroxylation sites is 1. The minimum atomic E-state index is -0.355. The maximum Gasteiger partial charge on any atom is 0.223 e. The van der Waals surface area contributed by atoms with Crippen LogP contribution in [0.15, 0.2) is 59.1 Å². The lowest BCUT2D eigenvalue weighted by atomic mass is 10.2. The van der Waals surface area contributed by atoms with Crippen molar-refractivity contribution in [1.29, 1.82) is 0 Å². The minimum absolute atomic E-state index is 0.0356. The van der Waals surface area contributed by atoms with Gasteiger partial charge in [-0.05, 0) is 37.1 Å². The molecule has 1 saturated heterocycles. The molecule has 7 heteroatoms. The number of hydrogen-bond acceptors (Lipinski definition) is 5. The van der Waals surface area contributed by atoms with Gasteiger partial charge in [-0.3, -0.25) is 4.79 Å². The summed E-state index contributed by atoms with van der Waals surface area (Å²) in [7, 11) is 0. The molecule has 2 aromatic carbocycles. The molecule has 0 N–H and O–H groups in total. The van der Waals surface area contributed by atoms with E-state index in [1.165, 1.54) is 12.3 Å². The molecule has 0 unspecified atom stereocenters. The third-order valence-electron chi connectivity index (χ3n) is 5.41. The van der Waals surface area contributed by atoms with E-state index in [-0.39, 0.29) is 17.8 Å². The Labute approximate surface area is 177 Å². The highest BCUT2D eigenvalue weighted by Crippen LogP contribution is 2.36. The summed E-state index contributed by atoms with van der Waals surface area (Å²) in [6.07, 6.45) is 4.11. The topological polar surface area (TPSA) is 59.2 Å². The fourth-order valence-electron chi connectivity index (χ4n) is 3.92. The molecule has 0 aliphatic carbocycles. The number of fused-ring (bicyclic) bond motifs is 1. The highest BCUT2D eigenvalue weighted by molar-refractivity contribution is 7.18. The van der Waals surface area contributed by atoms with Crippen molar-refractivity contribution in [3.8, 4) is 11.3 Å². The fraction of sp³-hybridized carbons (Fsp3) is 0.261. The number of halogens is 1. The lowest BCUT2D eigenvalue weighted by molar-refractivity contribution is -0.132. The Balaban J connectivity index is 1.27. The Morgan fingerprint density at radius 1 is 1.20 bits per heavy atom. The molecule has 152 valence electrons. The van der Waals surface area contributed by atoms with Gasteiger partial charge in [-0.2, -0.15) is 0 Å². The number of thiazole rings is 1. The first-order valence-corrected chi connectivity index (χ1v) is 10.9. The van der Waals surface area contributed by atoms with Gasteiger partial charge in [-0.1, -0.05) is 24.3 Å². The molecule has 30 heavy (non-hydrogen) atoms. The summed E-state index contributed by atoms with van der Waals surface area (Å²) in [5.74, 6) is 0.538. The summed E-state index contributed by atoms with van der Waals surface area (Å²) in [5, 5.41) is 1.00. The van der Waals surface area contributed by atoms with Crippen LogP contribution in [0, 0.1) is 5.82 Å². The maximum atomic E-state index is 13.9. The average molecular weight is 421 g/mol. The van der Waals surface area contributed by atoms with E-state index in [0.29, 0.717) is 30.1 Å². The van der Waals surface area contributed by atoms with Crippen molar-refractivity contribution in [1.82, 2.24) is 14.9 Å². The number of hydrogen-bond donors (Lipinski definition) is 0. The number of rotatable bonds is 5. The number of aromatic nitrogens is 2. The molecule has 5 rings (SSSR count). The first-order chi connectivity index (χ1) is 14.7. The third kappa shape index (κ3) is 3.61. The van der Waals surface area contributed by atoms with E-state index in [4.69, 9.17) is 9.40 Å². The van der Waals surface area contributed by atoms with E-state index in [1.54, 1.807) is 29.5 Å². The van der Waals surface area contributed by atoms with Crippen molar-refractivity contribution in [3.63, 3.8) is 0 Å². The van der Waals surface area contributed by atoms with E-state index in [2.05, 4.69) is 11.1 Å². The van der Waals surface area contributed by atoms with Crippen LogP contribution in [-0.4, -0.2) is 27.3 Å². The molecule has 3 heterocycles. The first-order valence-electron chi connectivity index (χ1n) is 10.0. The number of aryl methyl sites for hydroxylation is 1. The van der Waals surface area contributed by atoms with Gasteiger partial charge in [0.05, 0.1) is 28.0 Å². The molecular formula is C23H20FN3O2S. The smallest absolute Gasteiger partial charge is 0.223 e. The van der Waals surface area contributed by atoms with Gasteiger partial charge in [0.2, 0.25) is 5.91 Å². The summed E-state index contributed by atoms with van der Waals surface area (Å²) in [6, 6.07) is 14.5. The Hall–Kier alpha value is -3.06. The molecule has 1 atom stereocenters. The zero-order valence-corrected chi connectivity index (χ0v) is 17.1. The largest absolute Gasteiger partial charge is 0.441 e. The van der Waals surface area contributed by atoms with E-state index in [1.807, 2.05) is 23.1 Å². The van der Waals surface area contributed by atoms with Crippen LogP contribution < -0.4 is 0 Å². The number of benzene rings is 2. The van der Waals surface area contributed by atoms with Crippen molar-refractivity contribution >= 4 is 27.5 Å². The Morgan fingerprint density at radius 2 is 2.03 bits per heavy atom. The average Bonchev–Trinajstić information content (AvgIpc) is 3.51. The number of nitrogens with zero attached hydrogens (tertiary/aromatic N) is 3. The zero-order valence-electron chi connectivity index (χ0n) is 16.3. The number of oxazole rings is 1. The van der Waals surface area contributed by atoms with Crippen molar-refractivity contribution in [2.45, 2.75) is 31.7 Å². The van der Waals surface area contributed by atoms with Crippen molar-refractivity contribution in [3.05, 3.63) is 71.4 Å². The highest BCUT2D eigenvalue weighted by atomic mass is 32.1. The Kier molecular flexibility index (Phi) is 5.04. The van der Waals surface area contributed by atoms with Gasteiger partial charge >= 0.3 is 0 Å². The fourth-order valence-corrected chi connectivity index (χ4v) is 5.04. The molecule has 1 aliphatic rings. The van der Waals surface area contributed by atoms with Gasteiger partial charge in [0.1, 0.15) is 10.8 Å². The number of carbonyl (C=O) groups is 1. The monoisotopic (exact) mass is 421 g/mol.